The van der Waals surface area contributed by atoms with Crippen LogP contribution in [-0.2, 0) is 9.53 Å². The fraction of sp³-hybridized carbons (Fsp3) is 0.909. The van der Waals surface area contributed by atoms with E-state index in [-0.39, 0.29) is 35.8 Å². The first-order chi connectivity index (χ1) is 14.3. The molecule has 1 spiro atoms. The monoisotopic (exact) mass is 427 g/mol. The molecule has 6 nitrogen and oxygen atoms in total. The van der Waals surface area contributed by atoms with E-state index in [1.54, 1.807) is 6.92 Å². The highest BCUT2D eigenvalue weighted by Crippen LogP contribution is 2.51. The largest absolute Gasteiger partial charge is 0.450 e. The molecule has 2 amide bonds. The van der Waals surface area contributed by atoms with Gasteiger partial charge in [0.2, 0.25) is 5.91 Å². The number of carbonyl (C=O) groups excluding carboxylic acids is 2. The number of likely N-dealkylation sites (tertiary alicyclic amines) is 3. The smallest absolute Gasteiger partial charge is 0.409 e. The Bertz CT molecular complexity index is 660. The Kier molecular flexibility index (Phi) is 5.99. The van der Waals surface area contributed by atoms with Gasteiger partial charge in [0, 0.05) is 38.0 Å². The zero-order valence-corrected chi connectivity index (χ0v) is 18.2. The molecular weight excluding hydrogens is 392 g/mol. The van der Waals surface area contributed by atoms with Crippen LogP contribution in [0.1, 0.15) is 58.8 Å². The summed E-state index contributed by atoms with van der Waals surface area (Å²) in [7, 11) is 0. The van der Waals surface area contributed by atoms with Crippen molar-refractivity contribution in [1.29, 1.82) is 0 Å². The van der Waals surface area contributed by atoms with Gasteiger partial charge in [0.25, 0.3) is 5.92 Å². The van der Waals surface area contributed by atoms with E-state index in [2.05, 4.69) is 4.90 Å². The zero-order valence-electron chi connectivity index (χ0n) is 18.2. The lowest BCUT2D eigenvalue weighted by Gasteiger charge is -2.52. The van der Waals surface area contributed by atoms with Crippen LogP contribution >= 0.6 is 0 Å². The second-order valence-electron chi connectivity index (χ2n) is 9.81. The number of rotatable bonds is 4. The van der Waals surface area contributed by atoms with E-state index in [4.69, 9.17) is 4.74 Å². The van der Waals surface area contributed by atoms with Crippen LogP contribution in [-0.4, -0.2) is 84.0 Å². The lowest BCUT2D eigenvalue weighted by atomic mass is 9.64. The van der Waals surface area contributed by atoms with Crippen molar-refractivity contribution in [2.24, 2.45) is 11.3 Å². The third kappa shape index (κ3) is 4.16. The van der Waals surface area contributed by atoms with Crippen LogP contribution in [0.25, 0.3) is 0 Å². The van der Waals surface area contributed by atoms with Crippen molar-refractivity contribution in [2.45, 2.75) is 76.8 Å². The molecule has 3 saturated heterocycles. The fourth-order valence-electron chi connectivity index (χ4n) is 6.25. The van der Waals surface area contributed by atoms with Crippen LogP contribution in [0.5, 0.6) is 0 Å². The van der Waals surface area contributed by atoms with Crippen LogP contribution in [0.3, 0.4) is 0 Å². The first-order valence-corrected chi connectivity index (χ1v) is 11.6. The Morgan fingerprint density at radius 3 is 2.37 bits per heavy atom. The van der Waals surface area contributed by atoms with Gasteiger partial charge < -0.3 is 19.4 Å². The maximum absolute atomic E-state index is 14.0. The maximum Gasteiger partial charge on any atom is 0.409 e. The van der Waals surface area contributed by atoms with Gasteiger partial charge in [0.1, 0.15) is 0 Å². The first-order valence-electron chi connectivity index (χ1n) is 11.6. The lowest BCUT2D eigenvalue weighted by Crippen LogP contribution is -2.55. The number of amides is 2. The van der Waals surface area contributed by atoms with Gasteiger partial charge in [0.15, 0.2) is 0 Å². The van der Waals surface area contributed by atoms with Crippen LogP contribution in [0.4, 0.5) is 13.6 Å². The van der Waals surface area contributed by atoms with Gasteiger partial charge in [-0.05, 0) is 63.5 Å². The molecule has 4 rings (SSSR count). The molecule has 0 N–H and O–H groups in total. The minimum atomic E-state index is -2.75. The van der Waals surface area contributed by atoms with E-state index < -0.39 is 12.5 Å². The molecule has 4 fully saturated rings. The summed E-state index contributed by atoms with van der Waals surface area (Å²) in [5, 5.41) is 0. The number of hydrogen-bond acceptors (Lipinski definition) is 4. The summed E-state index contributed by atoms with van der Waals surface area (Å²) in [5.74, 6) is -2.72. The highest BCUT2D eigenvalue weighted by Gasteiger charge is 2.53. The van der Waals surface area contributed by atoms with Crippen LogP contribution in [0, 0.1) is 11.3 Å². The van der Waals surface area contributed by atoms with Gasteiger partial charge in [-0.25, -0.2) is 13.6 Å². The summed E-state index contributed by atoms with van der Waals surface area (Å²) >= 11 is 0. The number of ether oxygens (including phenoxy) is 1. The Morgan fingerprint density at radius 2 is 1.73 bits per heavy atom. The molecule has 3 heterocycles. The van der Waals surface area contributed by atoms with Crippen LogP contribution < -0.4 is 0 Å². The van der Waals surface area contributed by atoms with Crippen LogP contribution in [0.2, 0.25) is 0 Å². The highest BCUT2D eigenvalue weighted by molar-refractivity contribution is 5.76. The molecule has 1 aliphatic carbocycles. The Balaban J connectivity index is 1.26. The molecule has 1 atom stereocenters. The molecule has 0 bridgehead atoms. The van der Waals surface area contributed by atoms with Gasteiger partial charge in [-0.15, -0.1) is 0 Å². The summed E-state index contributed by atoms with van der Waals surface area (Å²) < 4.78 is 33.2. The summed E-state index contributed by atoms with van der Waals surface area (Å²) in [6.45, 7) is 7.00. The summed E-state index contributed by atoms with van der Waals surface area (Å²) in [6.07, 6.45) is 4.94. The third-order valence-corrected chi connectivity index (χ3v) is 7.87. The molecule has 8 heteroatoms. The predicted molar refractivity (Wildman–Crippen MR) is 108 cm³/mol. The molecule has 170 valence electrons. The van der Waals surface area contributed by atoms with Crippen molar-refractivity contribution in [3.63, 3.8) is 0 Å². The Hall–Kier alpha value is -1.44. The first kappa shape index (κ1) is 21.8. The van der Waals surface area contributed by atoms with E-state index in [1.165, 1.54) is 4.90 Å². The fourth-order valence-corrected chi connectivity index (χ4v) is 6.25. The van der Waals surface area contributed by atoms with Crippen molar-refractivity contribution in [2.75, 3.05) is 39.3 Å². The number of alkyl halides is 2. The second kappa shape index (κ2) is 8.24. The molecule has 3 aliphatic heterocycles. The molecule has 0 aromatic heterocycles. The number of carbonyl (C=O) groups is 2. The standard InChI is InChI=1S/C22H35F2N3O3/c1-3-19(28)27-15-22(23,24)13-18(27)16-5-8-25(9-6-16)17-11-21(12-17)7-10-26(14-21)20(29)30-4-2/h16-18H,3-15H2,1-2H3/t17?,18-,21?/m0/s1. The van der Waals surface area contributed by atoms with Gasteiger partial charge in [-0.2, -0.15) is 0 Å². The van der Waals surface area contributed by atoms with E-state index in [0.29, 0.717) is 19.1 Å². The molecule has 1 saturated carbocycles. The second-order valence-corrected chi connectivity index (χ2v) is 9.81. The Morgan fingerprint density at radius 1 is 1.03 bits per heavy atom. The molecular formula is C22H35F2N3O3. The number of nitrogens with zero attached hydrogens (tertiary/aromatic N) is 3. The number of piperidine rings is 1. The van der Waals surface area contributed by atoms with Gasteiger partial charge in [0.05, 0.1) is 13.2 Å². The van der Waals surface area contributed by atoms with Crippen LogP contribution in [0.15, 0.2) is 0 Å². The minimum absolute atomic E-state index is 0.145. The van der Waals surface area contributed by atoms with Gasteiger partial charge >= 0.3 is 6.09 Å². The molecule has 0 aromatic rings. The third-order valence-electron chi connectivity index (χ3n) is 7.87. The van der Waals surface area contributed by atoms with Crippen molar-refractivity contribution in [3.05, 3.63) is 0 Å². The number of hydrogen-bond donors (Lipinski definition) is 0. The molecule has 0 aromatic carbocycles. The summed E-state index contributed by atoms with van der Waals surface area (Å²) in [5.41, 5.74) is 0.242. The van der Waals surface area contributed by atoms with E-state index in [0.717, 1.165) is 58.3 Å². The molecule has 4 aliphatic rings. The quantitative estimate of drug-likeness (QED) is 0.691. The summed E-state index contributed by atoms with van der Waals surface area (Å²) in [4.78, 5) is 30.0. The lowest BCUT2D eigenvalue weighted by molar-refractivity contribution is -0.134. The van der Waals surface area contributed by atoms with Crippen molar-refractivity contribution >= 4 is 12.0 Å². The van der Waals surface area contributed by atoms with Gasteiger partial charge in [-0.1, -0.05) is 6.92 Å². The SMILES string of the molecule is CCOC(=O)N1CCC2(CC(N3CCC([C@@H]4CC(F)(F)CN4C(=O)CC)CC3)C2)C1. The van der Waals surface area contributed by atoms with E-state index in [1.807, 2.05) is 11.8 Å². The normalized spacial score (nSPS) is 34.4. The molecule has 0 radical (unpaired) electrons. The topological polar surface area (TPSA) is 53.1 Å². The van der Waals surface area contributed by atoms with E-state index >= 15 is 0 Å². The van der Waals surface area contributed by atoms with Crippen molar-refractivity contribution in [1.82, 2.24) is 14.7 Å². The van der Waals surface area contributed by atoms with Crippen molar-refractivity contribution < 1.29 is 23.1 Å². The highest BCUT2D eigenvalue weighted by atomic mass is 19.3. The predicted octanol–water partition coefficient (Wildman–Crippen LogP) is 3.36. The van der Waals surface area contributed by atoms with Crippen molar-refractivity contribution in [3.8, 4) is 0 Å². The zero-order chi connectivity index (χ0) is 21.5. The molecule has 30 heavy (non-hydrogen) atoms. The summed E-state index contributed by atoms with van der Waals surface area (Å²) in [6, 6.07) is 0.224. The number of halogens is 2. The van der Waals surface area contributed by atoms with Gasteiger partial charge in [-0.3, -0.25) is 4.79 Å². The average molecular weight is 428 g/mol. The molecule has 0 unspecified atom stereocenters. The Labute approximate surface area is 177 Å². The minimum Gasteiger partial charge on any atom is -0.450 e. The average Bonchev–Trinajstić information content (AvgIpc) is 3.28. The maximum atomic E-state index is 14.0. The van der Waals surface area contributed by atoms with E-state index in [9.17, 15) is 18.4 Å².